The maximum absolute atomic E-state index is 13.1. The molecule has 100 valence electrons. The van der Waals surface area contributed by atoms with E-state index in [1.54, 1.807) is 19.9 Å². The van der Waals surface area contributed by atoms with Gasteiger partial charge < -0.3 is 0 Å². The van der Waals surface area contributed by atoms with Crippen molar-refractivity contribution in [3.05, 3.63) is 46.1 Å². The summed E-state index contributed by atoms with van der Waals surface area (Å²) < 4.78 is 39.2. The normalized spacial score (nSPS) is 11.7. The highest BCUT2D eigenvalue weighted by Crippen LogP contribution is 2.36. The number of nitrogens with zero attached hydrogens (tertiary/aromatic N) is 1. The summed E-state index contributed by atoms with van der Waals surface area (Å²) in [5.74, 6) is 0. The molecule has 0 atom stereocenters. The number of hydrogen-bond acceptors (Lipinski definition) is 1. The highest BCUT2D eigenvalue weighted by Gasteiger charge is 2.33. The largest absolute Gasteiger partial charge is 0.417 e. The summed E-state index contributed by atoms with van der Waals surface area (Å²) in [6.07, 6.45) is -2.82. The van der Waals surface area contributed by atoms with Gasteiger partial charge in [0.05, 0.1) is 16.8 Å². The van der Waals surface area contributed by atoms with E-state index in [1.807, 2.05) is 0 Å². The standard InChI is InChI=1S/C14H11ClF3N/c1-8(2)5-10-7-12(14(16,17)18)11-6-9(15)3-4-13(11)19-10/h3-7H,1-2H3. The molecule has 0 unspecified atom stereocenters. The van der Waals surface area contributed by atoms with Crippen LogP contribution in [0, 0.1) is 0 Å². The molecule has 0 fully saturated rings. The number of hydrogen-bond donors (Lipinski definition) is 0. The monoisotopic (exact) mass is 285 g/mol. The van der Waals surface area contributed by atoms with E-state index in [0.717, 1.165) is 11.6 Å². The lowest BCUT2D eigenvalue weighted by Gasteiger charge is -2.11. The van der Waals surface area contributed by atoms with E-state index < -0.39 is 11.7 Å². The van der Waals surface area contributed by atoms with Crippen molar-refractivity contribution in [2.75, 3.05) is 0 Å². The van der Waals surface area contributed by atoms with E-state index in [9.17, 15) is 13.2 Å². The quantitative estimate of drug-likeness (QED) is 0.690. The minimum absolute atomic E-state index is 0.0194. The van der Waals surface area contributed by atoms with Crippen LogP contribution in [-0.4, -0.2) is 4.98 Å². The Labute approximate surface area is 113 Å². The summed E-state index contributed by atoms with van der Waals surface area (Å²) in [7, 11) is 0. The highest BCUT2D eigenvalue weighted by atomic mass is 35.5. The minimum Gasteiger partial charge on any atom is -0.248 e. The van der Waals surface area contributed by atoms with Crippen molar-refractivity contribution >= 4 is 28.6 Å². The number of rotatable bonds is 1. The highest BCUT2D eigenvalue weighted by molar-refractivity contribution is 6.31. The third-order valence-electron chi connectivity index (χ3n) is 2.53. The molecule has 0 bridgehead atoms. The van der Waals surface area contributed by atoms with Gasteiger partial charge in [0.15, 0.2) is 0 Å². The smallest absolute Gasteiger partial charge is 0.248 e. The molecule has 2 aromatic rings. The predicted octanol–water partition coefficient (Wildman–Crippen LogP) is 5.33. The summed E-state index contributed by atoms with van der Waals surface area (Å²) in [6, 6.07) is 5.36. The lowest BCUT2D eigenvalue weighted by atomic mass is 10.1. The van der Waals surface area contributed by atoms with E-state index in [1.165, 1.54) is 18.2 Å². The molecule has 1 aromatic carbocycles. The molecule has 19 heavy (non-hydrogen) atoms. The van der Waals surface area contributed by atoms with Crippen LogP contribution in [-0.2, 0) is 6.18 Å². The van der Waals surface area contributed by atoms with Crippen molar-refractivity contribution < 1.29 is 13.2 Å². The third-order valence-corrected chi connectivity index (χ3v) is 2.77. The van der Waals surface area contributed by atoms with Crippen LogP contribution in [0.5, 0.6) is 0 Å². The number of aromatic nitrogens is 1. The number of allylic oxidation sites excluding steroid dienone is 1. The van der Waals surface area contributed by atoms with Gasteiger partial charge in [0.25, 0.3) is 0 Å². The predicted molar refractivity (Wildman–Crippen MR) is 71.1 cm³/mol. The molecule has 0 aliphatic rings. The molecule has 1 nitrogen and oxygen atoms in total. The zero-order valence-electron chi connectivity index (χ0n) is 10.3. The summed E-state index contributed by atoms with van der Waals surface area (Å²) in [5.41, 5.74) is 0.746. The van der Waals surface area contributed by atoms with E-state index in [4.69, 9.17) is 11.6 Å². The summed E-state index contributed by atoms with van der Waals surface area (Å²) in [4.78, 5) is 4.20. The Bertz CT molecular complexity index is 656. The van der Waals surface area contributed by atoms with Crippen LogP contribution in [0.2, 0.25) is 5.02 Å². The fourth-order valence-corrected chi connectivity index (χ4v) is 1.99. The Morgan fingerprint density at radius 3 is 2.47 bits per heavy atom. The second-order valence-electron chi connectivity index (χ2n) is 4.48. The van der Waals surface area contributed by atoms with Crippen LogP contribution in [0.15, 0.2) is 29.8 Å². The van der Waals surface area contributed by atoms with Crippen LogP contribution in [0.1, 0.15) is 25.1 Å². The molecule has 0 radical (unpaired) electrons. The molecule has 5 heteroatoms. The number of benzene rings is 1. The first-order valence-electron chi connectivity index (χ1n) is 5.60. The molecule has 0 saturated carbocycles. The minimum atomic E-state index is -4.43. The summed E-state index contributed by atoms with van der Waals surface area (Å²) in [5, 5.41) is 0.278. The van der Waals surface area contributed by atoms with Crippen LogP contribution in [0.4, 0.5) is 13.2 Å². The summed E-state index contributed by atoms with van der Waals surface area (Å²) in [6.45, 7) is 3.61. The number of alkyl halides is 3. The van der Waals surface area contributed by atoms with Crippen LogP contribution in [0.25, 0.3) is 17.0 Å². The second kappa shape index (κ2) is 4.85. The SMILES string of the molecule is CC(C)=Cc1cc(C(F)(F)F)c2cc(Cl)ccc2n1. The summed E-state index contributed by atoms with van der Waals surface area (Å²) >= 11 is 5.76. The van der Waals surface area contributed by atoms with E-state index in [2.05, 4.69) is 4.98 Å². The topological polar surface area (TPSA) is 12.9 Å². The van der Waals surface area contributed by atoms with E-state index in [-0.39, 0.29) is 15.9 Å². The number of fused-ring (bicyclic) bond motifs is 1. The molecular weight excluding hydrogens is 275 g/mol. The Morgan fingerprint density at radius 2 is 1.89 bits per heavy atom. The zero-order valence-corrected chi connectivity index (χ0v) is 11.1. The van der Waals surface area contributed by atoms with Gasteiger partial charge in [0, 0.05) is 10.4 Å². The zero-order chi connectivity index (χ0) is 14.2. The van der Waals surface area contributed by atoms with Gasteiger partial charge in [-0.1, -0.05) is 17.2 Å². The molecule has 0 amide bonds. The van der Waals surface area contributed by atoms with Gasteiger partial charge >= 0.3 is 6.18 Å². The van der Waals surface area contributed by atoms with Gasteiger partial charge in [-0.3, -0.25) is 0 Å². The first-order chi connectivity index (χ1) is 8.77. The van der Waals surface area contributed by atoms with Crippen molar-refractivity contribution in [1.82, 2.24) is 4.98 Å². The average molecular weight is 286 g/mol. The molecule has 0 saturated heterocycles. The lowest BCUT2D eigenvalue weighted by molar-refractivity contribution is -0.136. The van der Waals surface area contributed by atoms with Crippen molar-refractivity contribution in [1.29, 1.82) is 0 Å². The molecule has 1 heterocycles. The van der Waals surface area contributed by atoms with Gasteiger partial charge in [0.2, 0.25) is 0 Å². The van der Waals surface area contributed by atoms with Crippen molar-refractivity contribution in [2.24, 2.45) is 0 Å². The van der Waals surface area contributed by atoms with Gasteiger partial charge in [0.1, 0.15) is 0 Å². The van der Waals surface area contributed by atoms with Crippen molar-refractivity contribution in [3.63, 3.8) is 0 Å². The molecule has 0 aliphatic heterocycles. The number of halogens is 4. The average Bonchev–Trinajstić information content (AvgIpc) is 2.26. The fourth-order valence-electron chi connectivity index (χ4n) is 1.82. The molecule has 1 aromatic heterocycles. The molecule has 0 aliphatic carbocycles. The number of pyridine rings is 1. The Kier molecular flexibility index (Phi) is 3.54. The molecular formula is C14H11ClF3N. The Morgan fingerprint density at radius 1 is 1.21 bits per heavy atom. The van der Waals surface area contributed by atoms with E-state index in [0.29, 0.717) is 5.69 Å². The van der Waals surface area contributed by atoms with Crippen LogP contribution < -0.4 is 0 Å². The van der Waals surface area contributed by atoms with Crippen LogP contribution in [0.3, 0.4) is 0 Å². The Balaban J connectivity index is 2.80. The van der Waals surface area contributed by atoms with Gasteiger partial charge in [-0.2, -0.15) is 13.2 Å². The first-order valence-corrected chi connectivity index (χ1v) is 5.97. The van der Waals surface area contributed by atoms with Crippen molar-refractivity contribution in [3.8, 4) is 0 Å². The fraction of sp³-hybridized carbons (Fsp3) is 0.214. The van der Waals surface area contributed by atoms with Crippen molar-refractivity contribution in [2.45, 2.75) is 20.0 Å². The maximum Gasteiger partial charge on any atom is 0.417 e. The van der Waals surface area contributed by atoms with Gasteiger partial charge in [-0.05, 0) is 44.2 Å². The third kappa shape index (κ3) is 3.07. The lowest BCUT2D eigenvalue weighted by Crippen LogP contribution is -2.07. The molecule has 0 N–H and O–H groups in total. The van der Waals surface area contributed by atoms with Crippen LogP contribution >= 0.6 is 11.6 Å². The Hall–Kier alpha value is -1.55. The van der Waals surface area contributed by atoms with E-state index >= 15 is 0 Å². The molecule has 0 spiro atoms. The van der Waals surface area contributed by atoms with Gasteiger partial charge in [-0.25, -0.2) is 4.98 Å². The molecule has 2 rings (SSSR count). The first kappa shape index (κ1) is 13.9. The maximum atomic E-state index is 13.1. The second-order valence-corrected chi connectivity index (χ2v) is 4.91. The van der Waals surface area contributed by atoms with Gasteiger partial charge in [-0.15, -0.1) is 0 Å².